The lowest BCUT2D eigenvalue weighted by molar-refractivity contribution is 0.602. The Hall–Kier alpha value is -1.05. The molecule has 0 amide bonds. The minimum Gasteiger partial charge on any atom is -0.383 e. The van der Waals surface area contributed by atoms with E-state index in [1.807, 2.05) is 18.2 Å². The molecule has 0 unspecified atom stereocenters. The molecule has 0 fully saturated rings. The van der Waals surface area contributed by atoms with Gasteiger partial charge in [0.05, 0.1) is 11.3 Å². The van der Waals surface area contributed by atoms with Crippen molar-refractivity contribution in [3.05, 3.63) is 28.2 Å². The molecule has 0 saturated carbocycles. The molecule has 0 radical (unpaired) electrons. The van der Waals surface area contributed by atoms with Crippen LogP contribution in [0.4, 0.5) is 5.69 Å². The van der Waals surface area contributed by atoms with Gasteiger partial charge in [0, 0.05) is 23.6 Å². The van der Waals surface area contributed by atoms with Gasteiger partial charge in [-0.15, -0.1) is 0 Å². The molecule has 86 valence electrons. The van der Waals surface area contributed by atoms with Crippen molar-refractivity contribution in [3.8, 4) is 6.07 Å². The van der Waals surface area contributed by atoms with Gasteiger partial charge in [-0.3, -0.25) is 0 Å². The molecule has 0 aliphatic rings. The van der Waals surface area contributed by atoms with Crippen LogP contribution in [0.25, 0.3) is 0 Å². The predicted octanol–water partition coefficient (Wildman–Crippen LogP) is 2.73. The summed E-state index contributed by atoms with van der Waals surface area (Å²) in [6.07, 6.45) is 0. The van der Waals surface area contributed by atoms with Crippen LogP contribution in [0.15, 0.2) is 22.7 Å². The number of anilines is 1. The Balaban J connectivity index is 2.51. The van der Waals surface area contributed by atoms with Crippen LogP contribution >= 0.6 is 15.9 Å². The van der Waals surface area contributed by atoms with E-state index in [-0.39, 0.29) is 0 Å². The molecular formula is C12H16BrN3. The molecule has 4 heteroatoms. The maximum atomic E-state index is 8.96. The van der Waals surface area contributed by atoms with Gasteiger partial charge in [-0.05, 0) is 18.2 Å². The molecule has 0 aliphatic carbocycles. The fourth-order valence-corrected chi connectivity index (χ4v) is 1.68. The van der Waals surface area contributed by atoms with Gasteiger partial charge >= 0.3 is 0 Å². The van der Waals surface area contributed by atoms with Crippen LogP contribution in [0.1, 0.15) is 19.4 Å². The first-order valence-electron chi connectivity index (χ1n) is 5.30. The normalized spacial score (nSPS) is 10.2. The van der Waals surface area contributed by atoms with E-state index in [1.165, 1.54) is 0 Å². The Morgan fingerprint density at radius 3 is 2.75 bits per heavy atom. The first-order valence-corrected chi connectivity index (χ1v) is 6.09. The molecule has 0 aromatic heterocycles. The van der Waals surface area contributed by atoms with Gasteiger partial charge in [-0.25, -0.2) is 0 Å². The monoisotopic (exact) mass is 281 g/mol. The lowest BCUT2D eigenvalue weighted by Gasteiger charge is -2.11. The van der Waals surface area contributed by atoms with E-state index >= 15 is 0 Å². The van der Waals surface area contributed by atoms with Crippen molar-refractivity contribution in [3.63, 3.8) is 0 Å². The van der Waals surface area contributed by atoms with E-state index in [0.29, 0.717) is 11.6 Å². The average molecular weight is 282 g/mol. The summed E-state index contributed by atoms with van der Waals surface area (Å²) < 4.78 is 0.926. The van der Waals surface area contributed by atoms with Crippen molar-refractivity contribution >= 4 is 21.6 Å². The topological polar surface area (TPSA) is 47.8 Å². The summed E-state index contributed by atoms with van der Waals surface area (Å²) in [4.78, 5) is 0. The van der Waals surface area contributed by atoms with Crippen molar-refractivity contribution in [2.75, 3.05) is 18.4 Å². The highest BCUT2D eigenvalue weighted by Crippen LogP contribution is 2.19. The Labute approximate surface area is 105 Å². The van der Waals surface area contributed by atoms with Gasteiger partial charge in [0.15, 0.2) is 0 Å². The molecule has 0 heterocycles. The minimum absolute atomic E-state index is 0.488. The van der Waals surface area contributed by atoms with Crippen molar-refractivity contribution < 1.29 is 0 Å². The van der Waals surface area contributed by atoms with E-state index in [0.717, 1.165) is 23.2 Å². The summed E-state index contributed by atoms with van der Waals surface area (Å²) in [5.41, 5.74) is 1.55. The van der Waals surface area contributed by atoms with Crippen LogP contribution in [0.5, 0.6) is 0 Å². The summed E-state index contributed by atoms with van der Waals surface area (Å²) in [6.45, 7) is 5.92. The second-order valence-electron chi connectivity index (χ2n) is 3.84. The summed E-state index contributed by atoms with van der Waals surface area (Å²) in [6, 6.07) is 8.32. The van der Waals surface area contributed by atoms with E-state index in [9.17, 15) is 0 Å². The van der Waals surface area contributed by atoms with E-state index in [1.54, 1.807) is 0 Å². The Bertz CT molecular complexity index is 382. The van der Waals surface area contributed by atoms with E-state index < -0.39 is 0 Å². The molecule has 0 saturated heterocycles. The Morgan fingerprint density at radius 1 is 1.38 bits per heavy atom. The lowest BCUT2D eigenvalue weighted by Crippen LogP contribution is -2.28. The van der Waals surface area contributed by atoms with Crippen LogP contribution < -0.4 is 10.6 Å². The van der Waals surface area contributed by atoms with Crippen molar-refractivity contribution in [2.24, 2.45) is 0 Å². The second kappa shape index (κ2) is 6.51. The number of benzene rings is 1. The molecule has 0 aliphatic heterocycles. The van der Waals surface area contributed by atoms with Crippen LogP contribution in [-0.4, -0.2) is 19.1 Å². The highest BCUT2D eigenvalue weighted by Gasteiger charge is 2.01. The molecule has 2 N–H and O–H groups in total. The first-order chi connectivity index (χ1) is 7.63. The van der Waals surface area contributed by atoms with Crippen LogP contribution in [0.3, 0.4) is 0 Å². The van der Waals surface area contributed by atoms with Gasteiger partial charge in [0.1, 0.15) is 6.07 Å². The van der Waals surface area contributed by atoms with Crippen LogP contribution in [-0.2, 0) is 0 Å². The third-order valence-corrected chi connectivity index (χ3v) is 2.59. The summed E-state index contributed by atoms with van der Waals surface area (Å²) in [7, 11) is 0. The van der Waals surface area contributed by atoms with Crippen LogP contribution in [0, 0.1) is 11.3 Å². The SMILES string of the molecule is CC(C)NCCNc1ccc(Br)cc1C#N. The molecular weight excluding hydrogens is 266 g/mol. The third kappa shape index (κ3) is 4.21. The molecule has 16 heavy (non-hydrogen) atoms. The fourth-order valence-electron chi connectivity index (χ4n) is 1.32. The second-order valence-corrected chi connectivity index (χ2v) is 4.75. The quantitative estimate of drug-likeness (QED) is 0.816. The first kappa shape index (κ1) is 13.0. The van der Waals surface area contributed by atoms with Gasteiger partial charge < -0.3 is 10.6 Å². The number of nitrogens with one attached hydrogen (secondary N) is 2. The zero-order chi connectivity index (χ0) is 12.0. The lowest BCUT2D eigenvalue weighted by atomic mass is 10.2. The van der Waals surface area contributed by atoms with Crippen LogP contribution in [0.2, 0.25) is 0 Å². The number of nitriles is 1. The molecule has 1 aromatic rings. The number of rotatable bonds is 5. The van der Waals surface area contributed by atoms with E-state index in [2.05, 4.69) is 46.5 Å². The van der Waals surface area contributed by atoms with Crippen molar-refractivity contribution in [2.45, 2.75) is 19.9 Å². The van der Waals surface area contributed by atoms with Gasteiger partial charge in [0.25, 0.3) is 0 Å². The smallest absolute Gasteiger partial charge is 0.101 e. The number of hydrogen-bond acceptors (Lipinski definition) is 3. The van der Waals surface area contributed by atoms with Gasteiger partial charge in [0.2, 0.25) is 0 Å². The fraction of sp³-hybridized carbons (Fsp3) is 0.417. The Morgan fingerprint density at radius 2 is 2.12 bits per heavy atom. The zero-order valence-corrected chi connectivity index (χ0v) is 11.1. The maximum Gasteiger partial charge on any atom is 0.101 e. The van der Waals surface area contributed by atoms with Crippen molar-refractivity contribution in [1.29, 1.82) is 5.26 Å². The third-order valence-electron chi connectivity index (χ3n) is 2.10. The van der Waals surface area contributed by atoms with Gasteiger partial charge in [-0.1, -0.05) is 29.8 Å². The summed E-state index contributed by atoms with van der Waals surface area (Å²) in [5.74, 6) is 0. The molecule has 3 nitrogen and oxygen atoms in total. The standard InChI is InChI=1S/C12H16BrN3/c1-9(2)15-5-6-16-12-4-3-11(13)7-10(12)8-14/h3-4,7,9,15-16H,5-6H2,1-2H3. The average Bonchev–Trinajstić information content (AvgIpc) is 2.25. The molecule has 0 spiro atoms. The highest BCUT2D eigenvalue weighted by molar-refractivity contribution is 9.10. The predicted molar refractivity (Wildman–Crippen MR) is 70.5 cm³/mol. The summed E-state index contributed by atoms with van der Waals surface area (Å²) >= 11 is 3.35. The largest absolute Gasteiger partial charge is 0.383 e. The molecule has 1 aromatic carbocycles. The number of nitrogens with zero attached hydrogens (tertiary/aromatic N) is 1. The number of hydrogen-bond donors (Lipinski definition) is 2. The van der Waals surface area contributed by atoms with Gasteiger partial charge in [-0.2, -0.15) is 5.26 Å². The Kier molecular flexibility index (Phi) is 5.30. The van der Waals surface area contributed by atoms with E-state index in [4.69, 9.17) is 5.26 Å². The number of halogens is 1. The maximum absolute atomic E-state index is 8.96. The minimum atomic E-state index is 0.488. The molecule has 0 atom stereocenters. The highest BCUT2D eigenvalue weighted by atomic mass is 79.9. The molecule has 0 bridgehead atoms. The van der Waals surface area contributed by atoms with Crippen molar-refractivity contribution in [1.82, 2.24) is 5.32 Å². The summed E-state index contributed by atoms with van der Waals surface area (Å²) in [5, 5.41) is 15.5. The molecule has 1 rings (SSSR count). The zero-order valence-electron chi connectivity index (χ0n) is 9.55.